The van der Waals surface area contributed by atoms with Crippen molar-refractivity contribution < 1.29 is 18.4 Å². The summed E-state index contributed by atoms with van der Waals surface area (Å²) in [7, 11) is 0.0231. The first-order chi connectivity index (χ1) is 16.9. The smallest absolute Gasteiger partial charge is 0.126 e. The third-order valence-electron chi connectivity index (χ3n) is 6.27. The standard InChI is InChI=1S/C29H36F2NO2P/c1-21-6-7-24(15-22(21)2)16-25(26-17-27(30)19-28(31)18-26)5-3-13-34-29-10-8-23(9-11-29)20-32-12-4-14-35-33/h6-11,15,17-19,25,32-33,35H,3-5,12-14,16,20H2,1-2H3. The van der Waals surface area contributed by atoms with Gasteiger partial charge in [-0.05, 0) is 110 Å². The molecule has 3 nitrogen and oxygen atoms in total. The Morgan fingerprint density at radius 2 is 1.60 bits per heavy atom. The molecular weight excluding hydrogens is 463 g/mol. The quantitative estimate of drug-likeness (QED) is 0.189. The van der Waals surface area contributed by atoms with Crippen LogP contribution in [0.2, 0.25) is 0 Å². The molecule has 0 saturated heterocycles. The Kier molecular flexibility index (Phi) is 11.1. The van der Waals surface area contributed by atoms with E-state index in [9.17, 15) is 8.78 Å². The number of rotatable bonds is 14. The Morgan fingerprint density at radius 1 is 0.886 bits per heavy atom. The molecule has 3 rings (SSSR count). The Bertz CT molecular complexity index is 1040. The second-order valence-corrected chi connectivity index (χ2v) is 9.91. The van der Waals surface area contributed by atoms with Crippen molar-refractivity contribution >= 4 is 8.81 Å². The number of hydrogen-bond acceptors (Lipinski definition) is 3. The first-order valence-electron chi connectivity index (χ1n) is 12.3. The average molecular weight is 500 g/mol. The minimum Gasteiger partial charge on any atom is -0.494 e. The first kappa shape index (κ1) is 27.3. The molecule has 0 radical (unpaired) electrons. The summed E-state index contributed by atoms with van der Waals surface area (Å²) in [6.07, 6.45) is 4.10. The topological polar surface area (TPSA) is 41.5 Å². The summed E-state index contributed by atoms with van der Waals surface area (Å²) < 4.78 is 33.8. The maximum atomic E-state index is 13.9. The van der Waals surface area contributed by atoms with Gasteiger partial charge >= 0.3 is 0 Å². The van der Waals surface area contributed by atoms with E-state index in [1.165, 1.54) is 34.4 Å². The molecule has 3 aromatic carbocycles. The van der Waals surface area contributed by atoms with Gasteiger partial charge in [0.1, 0.15) is 17.4 Å². The lowest BCUT2D eigenvalue weighted by atomic mass is 9.87. The van der Waals surface area contributed by atoms with Crippen LogP contribution in [0.1, 0.15) is 53.0 Å². The van der Waals surface area contributed by atoms with E-state index in [-0.39, 0.29) is 14.7 Å². The highest BCUT2D eigenvalue weighted by Crippen LogP contribution is 2.28. The highest BCUT2D eigenvalue weighted by Gasteiger charge is 2.15. The van der Waals surface area contributed by atoms with Gasteiger partial charge in [-0.15, -0.1) is 0 Å². The van der Waals surface area contributed by atoms with E-state index < -0.39 is 11.6 Å². The van der Waals surface area contributed by atoms with Crippen molar-refractivity contribution in [3.8, 4) is 5.75 Å². The van der Waals surface area contributed by atoms with E-state index in [1.807, 2.05) is 24.3 Å². The second-order valence-electron chi connectivity index (χ2n) is 9.10. The number of aryl methyl sites for hydroxylation is 2. The highest BCUT2D eigenvalue weighted by molar-refractivity contribution is 7.31. The fraction of sp³-hybridized carbons (Fsp3) is 0.379. The molecule has 0 aromatic heterocycles. The predicted octanol–water partition coefficient (Wildman–Crippen LogP) is 6.83. The molecule has 0 aliphatic carbocycles. The molecule has 2 N–H and O–H groups in total. The maximum absolute atomic E-state index is 13.9. The van der Waals surface area contributed by atoms with Crippen molar-refractivity contribution in [2.75, 3.05) is 19.3 Å². The third-order valence-corrected chi connectivity index (χ3v) is 6.85. The van der Waals surface area contributed by atoms with Crippen LogP contribution in [-0.4, -0.2) is 24.2 Å². The van der Waals surface area contributed by atoms with Crippen LogP contribution in [0, 0.1) is 25.5 Å². The van der Waals surface area contributed by atoms with E-state index in [4.69, 9.17) is 9.63 Å². The highest BCUT2D eigenvalue weighted by atomic mass is 31.1. The number of halogens is 2. The van der Waals surface area contributed by atoms with Crippen molar-refractivity contribution in [2.24, 2.45) is 0 Å². The lowest BCUT2D eigenvalue weighted by Gasteiger charge is -2.19. The lowest BCUT2D eigenvalue weighted by molar-refractivity contribution is 0.301. The van der Waals surface area contributed by atoms with Gasteiger partial charge in [0, 0.05) is 21.4 Å². The minimum atomic E-state index is -0.537. The summed E-state index contributed by atoms with van der Waals surface area (Å²) >= 11 is 0. The van der Waals surface area contributed by atoms with Crippen LogP contribution >= 0.6 is 8.81 Å². The van der Waals surface area contributed by atoms with Gasteiger partial charge in [-0.25, -0.2) is 8.78 Å². The van der Waals surface area contributed by atoms with Gasteiger partial charge in [0.25, 0.3) is 0 Å². The Labute approximate surface area is 209 Å². The van der Waals surface area contributed by atoms with Crippen LogP contribution < -0.4 is 10.1 Å². The van der Waals surface area contributed by atoms with Gasteiger partial charge in [0.05, 0.1) is 6.61 Å². The van der Waals surface area contributed by atoms with Crippen LogP contribution in [0.5, 0.6) is 5.75 Å². The third kappa shape index (κ3) is 9.33. The van der Waals surface area contributed by atoms with E-state index in [1.54, 1.807) is 0 Å². The molecular formula is C29H36F2NO2P. The monoisotopic (exact) mass is 499 g/mol. The Balaban J connectivity index is 1.54. The van der Waals surface area contributed by atoms with Crippen LogP contribution in [0.15, 0.2) is 60.7 Å². The van der Waals surface area contributed by atoms with Gasteiger partial charge < -0.3 is 14.9 Å². The van der Waals surface area contributed by atoms with E-state index in [2.05, 4.69) is 37.4 Å². The average Bonchev–Trinajstić information content (AvgIpc) is 2.83. The minimum absolute atomic E-state index is 0.00530. The molecule has 2 unspecified atom stereocenters. The summed E-state index contributed by atoms with van der Waals surface area (Å²) in [5.74, 6) is -0.252. The van der Waals surface area contributed by atoms with Crippen molar-refractivity contribution in [3.63, 3.8) is 0 Å². The molecule has 0 aliphatic heterocycles. The van der Waals surface area contributed by atoms with E-state index >= 15 is 0 Å². The van der Waals surface area contributed by atoms with Crippen LogP contribution in [0.25, 0.3) is 0 Å². The molecule has 0 spiro atoms. The van der Waals surface area contributed by atoms with Crippen molar-refractivity contribution in [1.82, 2.24) is 5.32 Å². The summed E-state index contributed by atoms with van der Waals surface area (Å²) in [6.45, 7) is 6.39. The zero-order chi connectivity index (χ0) is 25.0. The molecule has 188 valence electrons. The fourth-order valence-electron chi connectivity index (χ4n) is 4.16. The van der Waals surface area contributed by atoms with E-state index in [0.717, 1.165) is 56.8 Å². The molecule has 0 amide bonds. The molecule has 0 fully saturated rings. The largest absolute Gasteiger partial charge is 0.494 e. The lowest BCUT2D eigenvalue weighted by Crippen LogP contribution is -2.15. The zero-order valence-electron chi connectivity index (χ0n) is 20.6. The predicted molar refractivity (Wildman–Crippen MR) is 142 cm³/mol. The van der Waals surface area contributed by atoms with Crippen LogP contribution in [-0.2, 0) is 13.0 Å². The summed E-state index contributed by atoms with van der Waals surface area (Å²) in [4.78, 5) is 8.85. The molecule has 6 heteroatoms. The molecule has 35 heavy (non-hydrogen) atoms. The van der Waals surface area contributed by atoms with Crippen molar-refractivity contribution in [1.29, 1.82) is 0 Å². The summed E-state index contributed by atoms with van der Waals surface area (Å²) in [5, 5.41) is 3.37. The van der Waals surface area contributed by atoms with Gasteiger partial charge in [0.2, 0.25) is 0 Å². The molecule has 0 heterocycles. The number of hydrogen-bond donors (Lipinski definition) is 2. The van der Waals surface area contributed by atoms with Gasteiger partial charge in [-0.3, -0.25) is 0 Å². The zero-order valence-corrected chi connectivity index (χ0v) is 21.6. The Hall–Kier alpha value is -2.33. The number of benzene rings is 3. The van der Waals surface area contributed by atoms with E-state index in [0.29, 0.717) is 12.2 Å². The Morgan fingerprint density at radius 3 is 2.29 bits per heavy atom. The number of nitrogens with one attached hydrogen (secondary N) is 1. The van der Waals surface area contributed by atoms with Crippen LogP contribution in [0.4, 0.5) is 8.78 Å². The van der Waals surface area contributed by atoms with Crippen molar-refractivity contribution in [3.05, 3.63) is 100 Å². The SMILES string of the molecule is Cc1ccc(CC(CCCOc2ccc(CNCCCPO)cc2)c2cc(F)cc(F)c2)cc1C. The summed E-state index contributed by atoms with van der Waals surface area (Å²) in [6, 6.07) is 18.2. The number of ether oxygens (including phenoxy) is 1. The normalized spacial score (nSPS) is 12.4. The molecule has 0 bridgehead atoms. The maximum Gasteiger partial charge on any atom is 0.126 e. The fourth-order valence-corrected chi connectivity index (χ4v) is 4.50. The molecule has 3 aromatic rings. The van der Waals surface area contributed by atoms with Gasteiger partial charge in [-0.1, -0.05) is 30.3 Å². The molecule has 0 aliphatic rings. The first-order valence-corrected chi connectivity index (χ1v) is 13.4. The summed E-state index contributed by atoms with van der Waals surface area (Å²) in [5.41, 5.74) is 5.51. The van der Waals surface area contributed by atoms with Gasteiger partial charge in [-0.2, -0.15) is 0 Å². The molecule has 2 atom stereocenters. The molecule has 0 saturated carbocycles. The van der Waals surface area contributed by atoms with Crippen molar-refractivity contribution in [2.45, 2.75) is 52.0 Å². The van der Waals surface area contributed by atoms with Gasteiger partial charge in [0.15, 0.2) is 0 Å². The second kappa shape index (κ2) is 14.3. The van der Waals surface area contributed by atoms with Crippen LogP contribution in [0.3, 0.4) is 0 Å².